The van der Waals surface area contributed by atoms with E-state index in [1.54, 1.807) is 18.7 Å². The molecule has 0 atom stereocenters. The lowest BCUT2D eigenvalue weighted by Crippen LogP contribution is -2.14. The van der Waals surface area contributed by atoms with Crippen LogP contribution in [-0.2, 0) is 6.54 Å². The second-order valence-corrected chi connectivity index (χ2v) is 8.68. The first-order valence-electron chi connectivity index (χ1n) is 11.7. The maximum absolute atomic E-state index is 13.9. The smallest absolute Gasteiger partial charge is 0.280 e. The Labute approximate surface area is 215 Å². The van der Waals surface area contributed by atoms with Gasteiger partial charge in [-0.2, -0.15) is 10.2 Å². The molecular weight excluding hydrogens is 497 g/mol. The molecule has 2 aromatic carbocycles. The Kier molecular flexibility index (Phi) is 6.58. The Morgan fingerprint density at radius 3 is 2.58 bits per heavy atom. The number of hydrogen-bond donors (Lipinski definition) is 1. The molecule has 1 N–H and O–H groups in total. The molecule has 3 heterocycles. The summed E-state index contributed by atoms with van der Waals surface area (Å²) in [6.45, 7) is 4.04. The lowest BCUT2D eigenvalue weighted by atomic mass is 10.1. The molecule has 1 amide bonds. The van der Waals surface area contributed by atoms with Gasteiger partial charge in [-0.05, 0) is 61.9 Å². The molecule has 0 spiro atoms. The van der Waals surface area contributed by atoms with E-state index in [2.05, 4.69) is 20.5 Å². The van der Waals surface area contributed by atoms with E-state index in [-0.39, 0.29) is 16.9 Å². The number of benzene rings is 2. The van der Waals surface area contributed by atoms with Gasteiger partial charge in [0.2, 0.25) is 0 Å². The molecule has 0 saturated heterocycles. The predicted octanol–water partition coefficient (Wildman–Crippen LogP) is 5.60. The van der Waals surface area contributed by atoms with E-state index in [0.717, 1.165) is 15.8 Å². The van der Waals surface area contributed by atoms with Crippen molar-refractivity contribution in [3.63, 3.8) is 0 Å². The number of carbonyl (C=O) groups excluding carboxylic acids is 1. The summed E-state index contributed by atoms with van der Waals surface area (Å²) in [5.41, 5.74) is 2.88. The van der Waals surface area contributed by atoms with Crippen molar-refractivity contribution in [2.45, 2.75) is 26.8 Å². The zero-order valence-electron chi connectivity index (χ0n) is 20.7. The summed E-state index contributed by atoms with van der Waals surface area (Å²) < 4.78 is 49.1. The van der Waals surface area contributed by atoms with Crippen LogP contribution in [0, 0.1) is 19.7 Å². The third-order valence-electron chi connectivity index (χ3n) is 6.19. The molecule has 0 bridgehead atoms. The number of anilines is 1. The van der Waals surface area contributed by atoms with Crippen molar-refractivity contribution in [3.8, 4) is 17.0 Å². The number of alkyl halides is 2. The molecule has 3 aromatic heterocycles. The van der Waals surface area contributed by atoms with Crippen LogP contribution in [0.3, 0.4) is 0 Å². The molecule has 194 valence electrons. The minimum Gasteiger partial charge on any atom is -0.497 e. The number of methoxy groups -OCH3 is 1. The second kappa shape index (κ2) is 10.0. The van der Waals surface area contributed by atoms with Crippen molar-refractivity contribution < 1.29 is 22.7 Å². The number of hydrogen-bond acceptors (Lipinski definition) is 5. The Bertz CT molecular complexity index is 1640. The molecule has 0 fully saturated rings. The number of nitrogens with zero attached hydrogens (tertiary/aromatic N) is 5. The van der Waals surface area contributed by atoms with Crippen molar-refractivity contribution in [1.29, 1.82) is 0 Å². The molecule has 0 aliphatic carbocycles. The number of amides is 1. The minimum atomic E-state index is -2.88. The summed E-state index contributed by atoms with van der Waals surface area (Å²) in [6.07, 6.45) is -1.68. The van der Waals surface area contributed by atoms with E-state index >= 15 is 0 Å². The molecule has 8 nitrogen and oxygen atoms in total. The number of aromatic nitrogens is 5. The summed E-state index contributed by atoms with van der Waals surface area (Å²) in [7, 11) is 1.60. The van der Waals surface area contributed by atoms with E-state index in [1.807, 2.05) is 31.2 Å². The van der Waals surface area contributed by atoms with Crippen LogP contribution in [0.2, 0.25) is 0 Å². The molecule has 0 saturated carbocycles. The summed E-state index contributed by atoms with van der Waals surface area (Å²) in [5.74, 6) is -0.316. The predicted molar refractivity (Wildman–Crippen MR) is 135 cm³/mol. The van der Waals surface area contributed by atoms with Gasteiger partial charge < -0.3 is 10.1 Å². The Hall–Kier alpha value is -4.67. The highest BCUT2D eigenvalue weighted by Crippen LogP contribution is 2.28. The van der Waals surface area contributed by atoms with Crippen LogP contribution in [-0.4, -0.2) is 37.4 Å². The molecule has 38 heavy (non-hydrogen) atoms. The molecule has 0 aliphatic rings. The maximum atomic E-state index is 13.9. The molecule has 0 aliphatic heterocycles. The van der Waals surface area contributed by atoms with Gasteiger partial charge in [-0.15, -0.1) is 0 Å². The number of nitrogens with one attached hydrogen (secondary N) is 1. The van der Waals surface area contributed by atoms with E-state index in [9.17, 15) is 18.0 Å². The Morgan fingerprint density at radius 2 is 1.87 bits per heavy atom. The Morgan fingerprint density at radius 1 is 1.11 bits per heavy atom. The highest BCUT2D eigenvalue weighted by molar-refractivity contribution is 6.08. The standard InChI is InChI=1S/C27H23F3N6O2/c1-15-24(16(2)35(34-15)14-17-5-4-6-20(11-17)38-3)33-27(37)21-13-31-36-23(25(29)30)12-22(32-26(21)36)18-7-9-19(28)10-8-18/h4-13,25H,14H2,1-3H3,(H,33,37). The molecule has 5 rings (SSSR count). The van der Waals surface area contributed by atoms with Gasteiger partial charge in [0.1, 0.15) is 22.8 Å². The van der Waals surface area contributed by atoms with Gasteiger partial charge in [0.05, 0.1) is 42.6 Å². The minimum absolute atomic E-state index is 0.00945. The van der Waals surface area contributed by atoms with E-state index in [1.165, 1.54) is 36.5 Å². The first-order chi connectivity index (χ1) is 18.2. The number of aryl methyl sites for hydroxylation is 1. The van der Waals surface area contributed by atoms with Gasteiger partial charge in [0.15, 0.2) is 5.65 Å². The van der Waals surface area contributed by atoms with Crippen molar-refractivity contribution in [3.05, 3.63) is 94.8 Å². The number of ether oxygens (including phenoxy) is 1. The van der Waals surface area contributed by atoms with Gasteiger partial charge in [-0.1, -0.05) is 12.1 Å². The number of rotatable bonds is 7. The fourth-order valence-corrected chi connectivity index (χ4v) is 4.23. The fourth-order valence-electron chi connectivity index (χ4n) is 4.23. The topological polar surface area (TPSA) is 86.3 Å². The Balaban J connectivity index is 1.48. The van der Waals surface area contributed by atoms with E-state index in [0.29, 0.717) is 29.2 Å². The first-order valence-corrected chi connectivity index (χ1v) is 11.7. The SMILES string of the molecule is COc1cccc(Cn2nc(C)c(NC(=O)c3cnn4c(C(F)F)cc(-c5ccc(F)cc5)nc34)c2C)c1. The second-order valence-electron chi connectivity index (χ2n) is 8.68. The first kappa shape index (κ1) is 25.0. The lowest BCUT2D eigenvalue weighted by molar-refractivity contribution is 0.102. The van der Waals surface area contributed by atoms with Gasteiger partial charge in [0.25, 0.3) is 12.3 Å². The summed E-state index contributed by atoms with van der Waals surface area (Å²) >= 11 is 0. The monoisotopic (exact) mass is 520 g/mol. The quantitative estimate of drug-likeness (QED) is 0.302. The number of halogens is 3. The average molecular weight is 521 g/mol. The zero-order chi connectivity index (χ0) is 27.0. The zero-order valence-corrected chi connectivity index (χ0v) is 20.7. The van der Waals surface area contributed by atoms with E-state index < -0.39 is 23.8 Å². The van der Waals surface area contributed by atoms with Crippen LogP contribution < -0.4 is 10.1 Å². The van der Waals surface area contributed by atoms with Crippen LogP contribution in [0.25, 0.3) is 16.9 Å². The van der Waals surface area contributed by atoms with Gasteiger partial charge in [-0.3, -0.25) is 9.48 Å². The van der Waals surface area contributed by atoms with Crippen LogP contribution in [0.5, 0.6) is 5.75 Å². The highest BCUT2D eigenvalue weighted by atomic mass is 19.3. The van der Waals surface area contributed by atoms with Gasteiger partial charge in [-0.25, -0.2) is 22.7 Å². The van der Waals surface area contributed by atoms with Crippen LogP contribution in [0.4, 0.5) is 18.9 Å². The van der Waals surface area contributed by atoms with Crippen LogP contribution in [0.15, 0.2) is 60.8 Å². The molecule has 0 radical (unpaired) electrons. The van der Waals surface area contributed by atoms with Crippen molar-refractivity contribution in [2.24, 2.45) is 0 Å². The third kappa shape index (κ3) is 4.70. The van der Waals surface area contributed by atoms with Crippen molar-refractivity contribution in [1.82, 2.24) is 24.4 Å². The number of fused-ring (bicyclic) bond motifs is 1. The third-order valence-corrected chi connectivity index (χ3v) is 6.19. The molecule has 5 aromatic rings. The largest absolute Gasteiger partial charge is 0.497 e. The summed E-state index contributed by atoms with van der Waals surface area (Å²) in [4.78, 5) is 17.7. The van der Waals surface area contributed by atoms with Crippen molar-refractivity contribution in [2.75, 3.05) is 12.4 Å². The maximum Gasteiger partial charge on any atom is 0.280 e. The fraction of sp³-hybridized carbons (Fsp3) is 0.185. The lowest BCUT2D eigenvalue weighted by Gasteiger charge is -2.09. The van der Waals surface area contributed by atoms with E-state index in [4.69, 9.17) is 4.74 Å². The van der Waals surface area contributed by atoms with Crippen LogP contribution >= 0.6 is 0 Å². The molecule has 11 heteroatoms. The molecule has 0 unspecified atom stereocenters. The molecular formula is C27H23F3N6O2. The number of carbonyl (C=O) groups is 1. The van der Waals surface area contributed by atoms with Gasteiger partial charge in [0, 0.05) is 5.56 Å². The van der Waals surface area contributed by atoms with Crippen molar-refractivity contribution >= 4 is 17.2 Å². The highest BCUT2D eigenvalue weighted by Gasteiger charge is 2.23. The summed E-state index contributed by atoms with van der Waals surface area (Å²) in [6, 6.07) is 14.0. The van der Waals surface area contributed by atoms with Gasteiger partial charge >= 0.3 is 0 Å². The van der Waals surface area contributed by atoms with Crippen LogP contribution in [0.1, 0.15) is 39.4 Å². The normalized spacial score (nSPS) is 11.3. The average Bonchev–Trinajstić information content (AvgIpc) is 3.45. The summed E-state index contributed by atoms with van der Waals surface area (Å²) in [5, 5.41) is 11.4.